The predicted molar refractivity (Wildman–Crippen MR) is 72.9 cm³/mol. The standard InChI is InChI=1S/C13H15Cl2NO3/c14-11-2-1-9(7-12(11)15)8-16-19-13(17)10-3-5-18-6-4-10/h1-2,7,10,16H,3-6,8H2. The molecule has 0 unspecified atom stereocenters. The molecule has 1 saturated heterocycles. The Morgan fingerprint density at radius 1 is 1.32 bits per heavy atom. The Bertz CT molecular complexity index is 448. The average Bonchev–Trinajstić information content (AvgIpc) is 2.43. The lowest BCUT2D eigenvalue weighted by Crippen LogP contribution is -2.29. The minimum absolute atomic E-state index is 0.0740. The Morgan fingerprint density at radius 3 is 2.74 bits per heavy atom. The molecule has 1 aliphatic rings. The first-order valence-corrected chi connectivity index (χ1v) is 6.87. The van der Waals surface area contributed by atoms with E-state index in [1.54, 1.807) is 12.1 Å². The van der Waals surface area contributed by atoms with Crippen LogP contribution in [0.15, 0.2) is 18.2 Å². The zero-order valence-electron chi connectivity index (χ0n) is 10.3. The molecule has 104 valence electrons. The number of nitrogens with one attached hydrogen (secondary N) is 1. The van der Waals surface area contributed by atoms with Crippen LogP contribution in [0.25, 0.3) is 0 Å². The minimum atomic E-state index is -0.233. The molecule has 0 aliphatic carbocycles. The van der Waals surface area contributed by atoms with Gasteiger partial charge < -0.3 is 9.57 Å². The SMILES string of the molecule is O=C(ONCc1ccc(Cl)c(Cl)c1)C1CCOCC1. The molecule has 4 nitrogen and oxygen atoms in total. The second-order valence-corrected chi connectivity index (χ2v) is 5.19. The van der Waals surface area contributed by atoms with E-state index < -0.39 is 0 Å². The zero-order chi connectivity index (χ0) is 13.7. The molecule has 6 heteroatoms. The highest BCUT2D eigenvalue weighted by Gasteiger charge is 2.23. The third-order valence-corrected chi connectivity index (χ3v) is 3.73. The third-order valence-electron chi connectivity index (χ3n) is 2.99. The van der Waals surface area contributed by atoms with Gasteiger partial charge in [-0.2, -0.15) is 0 Å². The summed E-state index contributed by atoms with van der Waals surface area (Å²) in [5, 5.41) is 0.987. The molecule has 0 aromatic heterocycles. The summed E-state index contributed by atoms with van der Waals surface area (Å²) in [7, 11) is 0. The lowest BCUT2D eigenvalue weighted by atomic mass is 10.0. The molecule has 19 heavy (non-hydrogen) atoms. The monoisotopic (exact) mass is 303 g/mol. The smallest absolute Gasteiger partial charge is 0.327 e. The van der Waals surface area contributed by atoms with E-state index in [2.05, 4.69) is 5.48 Å². The van der Waals surface area contributed by atoms with E-state index in [9.17, 15) is 4.79 Å². The maximum Gasteiger partial charge on any atom is 0.327 e. The second-order valence-electron chi connectivity index (χ2n) is 4.38. The normalized spacial score (nSPS) is 16.3. The van der Waals surface area contributed by atoms with E-state index in [4.69, 9.17) is 32.8 Å². The largest absolute Gasteiger partial charge is 0.381 e. The summed E-state index contributed by atoms with van der Waals surface area (Å²) in [5.41, 5.74) is 3.55. The Balaban J connectivity index is 1.76. The first-order chi connectivity index (χ1) is 9.16. The molecular formula is C13H15Cl2NO3. The first-order valence-electron chi connectivity index (χ1n) is 6.12. The maximum atomic E-state index is 11.7. The van der Waals surface area contributed by atoms with Gasteiger partial charge >= 0.3 is 5.97 Å². The fourth-order valence-electron chi connectivity index (χ4n) is 1.86. The fourth-order valence-corrected chi connectivity index (χ4v) is 2.18. The molecule has 0 saturated carbocycles. The predicted octanol–water partition coefficient (Wildman–Crippen LogP) is 2.97. The molecular weight excluding hydrogens is 289 g/mol. The van der Waals surface area contributed by atoms with Gasteiger partial charge in [0.2, 0.25) is 0 Å². The van der Waals surface area contributed by atoms with Crippen LogP contribution < -0.4 is 5.48 Å². The summed E-state index contributed by atoms with van der Waals surface area (Å²) in [6.45, 7) is 1.63. The minimum Gasteiger partial charge on any atom is -0.381 e. The van der Waals surface area contributed by atoms with E-state index in [0.29, 0.717) is 42.6 Å². The Morgan fingerprint density at radius 2 is 2.05 bits per heavy atom. The molecule has 1 aromatic rings. The van der Waals surface area contributed by atoms with Crippen LogP contribution in [-0.2, 0) is 20.9 Å². The van der Waals surface area contributed by atoms with Crippen molar-refractivity contribution in [2.24, 2.45) is 5.92 Å². The number of halogens is 2. The molecule has 2 rings (SSSR count). The van der Waals surface area contributed by atoms with Gasteiger partial charge in [-0.05, 0) is 30.5 Å². The van der Waals surface area contributed by atoms with E-state index in [0.717, 1.165) is 5.56 Å². The Labute approximate surface area is 121 Å². The van der Waals surface area contributed by atoms with Crippen molar-refractivity contribution in [1.29, 1.82) is 0 Å². The van der Waals surface area contributed by atoms with Crippen LogP contribution in [0.2, 0.25) is 10.0 Å². The molecule has 1 N–H and O–H groups in total. The van der Waals surface area contributed by atoms with E-state index >= 15 is 0 Å². The lowest BCUT2D eigenvalue weighted by molar-refractivity contribution is -0.159. The summed E-state index contributed by atoms with van der Waals surface area (Å²) in [4.78, 5) is 16.8. The third kappa shape index (κ3) is 4.35. The maximum absolute atomic E-state index is 11.7. The van der Waals surface area contributed by atoms with Crippen LogP contribution in [-0.4, -0.2) is 19.2 Å². The number of carbonyl (C=O) groups is 1. The average molecular weight is 304 g/mol. The fraction of sp³-hybridized carbons (Fsp3) is 0.462. The lowest BCUT2D eigenvalue weighted by Gasteiger charge is -2.20. The summed E-state index contributed by atoms with van der Waals surface area (Å²) in [6, 6.07) is 5.27. The van der Waals surface area contributed by atoms with Gasteiger partial charge in [0.1, 0.15) is 0 Å². The summed E-state index contributed by atoms with van der Waals surface area (Å²) >= 11 is 11.7. The van der Waals surface area contributed by atoms with Crippen LogP contribution in [0.1, 0.15) is 18.4 Å². The number of hydrogen-bond donors (Lipinski definition) is 1. The van der Waals surface area contributed by atoms with Crippen molar-refractivity contribution >= 4 is 29.2 Å². The molecule has 1 heterocycles. The van der Waals surface area contributed by atoms with Crippen LogP contribution in [0, 0.1) is 5.92 Å². The van der Waals surface area contributed by atoms with Crippen molar-refractivity contribution < 1.29 is 14.4 Å². The summed E-state index contributed by atoms with van der Waals surface area (Å²) in [5.74, 6) is -0.307. The van der Waals surface area contributed by atoms with Gasteiger partial charge in [0.05, 0.1) is 22.5 Å². The van der Waals surface area contributed by atoms with E-state index in [1.165, 1.54) is 0 Å². The van der Waals surface area contributed by atoms with Crippen LogP contribution in [0.5, 0.6) is 0 Å². The van der Waals surface area contributed by atoms with Gasteiger partial charge in [-0.1, -0.05) is 29.3 Å². The highest BCUT2D eigenvalue weighted by molar-refractivity contribution is 6.42. The number of hydrogen-bond acceptors (Lipinski definition) is 4. The number of ether oxygens (including phenoxy) is 1. The highest BCUT2D eigenvalue weighted by atomic mass is 35.5. The van der Waals surface area contributed by atoms with Gasteiger partial charge in [0, 0.05) is 13.2 Å². The Kier molecular flexibility index (Phi) is 5.45. The molecule has 0 atom stereocenters. The van der Waals surface area contributed by atoms with Crippen molar-refractivity contribution in [3.8, 4) is 0 Å². The van der Waals surface area contributed by atoms with Crippen molar-refractivity contribution in [2.45, 2.75) is 19.4 Å². The van der Waals surface area contributed by atoms with Gasteiger partial charge in [-0.15, -0.1) is 5.48 Å². The highest BCUT2D eigenvalue weighted by Crippen LogP contribution is 2.22. The molecule has 1 fully saturated rings. The van der Waals surface area contributed by atoms with Crippen molar-refractivity contribution in [1.82, 2.24) is 5.48 Å². The quantitative estimate of drug-likeness (QED) is 0.869. The summed E-state index contributed by atoms with van der Waals surface area (Å²) < 4.78 is 5.19. The molecule has 0 bridgehead atoms. The van der Waals surface area contributed by atoms with Gasteiger partial charge in [0.25, 0.3) is 0 Å². The second kappa shape index (κ2) is 7.10. The van der Waals surface area contributed by atoms with Gasteiger partial charge in [-0.25, -0.2) is 0 Å². The van der Waals surface area contributed by atoms with Gasteiger partial charge in [0.15, 0.2) is 0 Å². The first kappa shape index (κ1) is 14.6. The zero-order valence-corrected chi connectivity index (χ0v) is 11.8. The van der Waals surface area contributed by atoms with Crippen molar-refractivity contribution in [3.05, 3.63) is 33.8 Å². The molecule has 1 aliphatic heterocycles. The topological polar surface area (TPSA) is 47.6 Å². The van der Waals surface area contributed by atoms with Gasteiger partial charge in [-0.3, -0.25) is 4.79 Å². The van der Waals surface area contributed by atoms with Crippen LogP contribution in [0.3, 0.4) is 0 Å². The Hall–Kier alpha value is -0.810. The van der Waals surface area contributed by atoms with Crippen molar-refractivity contribution in [2.75, 3.05) is 13.2 Å². The molecule has 0 radical (unpaired) electrons. The molecule has 0 spiro atoms. The summed E-state index contributed by atoms with van der Waals surface area (Å²) in [6.07, 6.45) is 1.43. The number of rotatable bonds is 4. The number of hydroxylamine groups is 1. The van der Waals surface area contributed by atoms with Crippen molar-refractivity contribution in [3.63, 3.8) is 0 Å². The number of carbonyl (C=O) groups excluding carboxylic acids is 1. The van der Waals surface area contributed by atoms with E-state index in [-0.39, 0.29) is 11.9 Å². The molecule has 0 amide bonds. The van der Waals surface area contributed by atoms with Crippen LogP contribution >= 0.6 is 23.2 Å². The number of benzene rings is 1. The van der Waals surface area contributed by atoms with E-state index in [1.807, 2.05) is 6.07 Å². The van der Waals surface area contributed by atoms with Crippen LogP contribution in [0.4, 0.5) is 0 Å². The molecule has 1 aromatic carbocycles.